The van der Waals surface area contributed by atoms with E-state index in [0.29, 0.717) is 13.1 Å². The van der Waals surface area contributed by atoms with Crippen LogP contribution in [0.2, 0.25) is 0 Å². The van der Waals surface area contributed by atoms with Crippen LogP contribution >= 0.6 is 0 Å². The van der Waals surface area contributed by atoms with Crippen molar-refractivity contribution in [1.29, 1.82) is 0 Å². The summed E-state index contributed by atoms with van der Waals surface area (Å²) in [6.45, 7) is 4.77. The highest BCUT2D eigenvalue weighted by Gasteiger charge is 2.14. The molecule has 5 heteroatoms. The molecule has 0 bridgehead atoms. The zero-order chi connectivity index (χ0) is 11.3. The molecule has 0 fully saturated rings. The van der Waals surface area contributed by atoms with Gasteiger partial charge in [0.1, 0.15) is 0 Å². The van der Waals surface area contributed by atoms with E-state index >= 15 is 0 Å². The van der Waals surface area contributed by atoms with Crippen molar-refractivity contribution in [3.63, 3.8) is 0 Å². The number of nitro benzene ring substituents is 1. The molecule has 1 aromatic carbocycles. The average Bonchev–Trinajstić information content (AvgIpc) is 2.25. The standard InChI is InChI=1S/C10H13N2O3/c1-3-11-7-8-4-5-10(15-2)9(6-8)12(13)14/h4-6,11H,1,3,7H2,2H3. The Kier molecular flexibility index (Phi) is 4.05. The minimum Gasteiger partial charge on any atom is -0.490 e. The summed E-state index contributed by atoms with van der Waals surface area (Å²) in [4.78, 5) is 10.2. The minimum absolute atomic E-state index is 0.0131. The molecule has 5 nitrogen and oxygen atoms in total. The largest absolute Gasteiger partial charge is 0.490 e. The molecule has 0 aliphatic rings. The van der Waals surface area contributed by atoms with E-state index in [1.165, 1.54) is 13.2 Å². The van der Waals surface area contributed by atoms with Gasteiger partial charge in [0.2, 0.25) is 0 Å². The lowest BCUT2D eigenvalue weighted by Gasteiger charge is -2.05. The van der Waals surface area contributed by atoms with Crippen LogP contribution in [0.1, 0.15) is 5.56 Å². The number of methoxy groups -OCH3 is 1. The van der Waals surface area contributed by atoms with Gasteiger partial charge in [0.25, 0.3) is 0 Å². The highest BCUT2D eigenvalue weighted by Crippen LogP contribution is 2.27. The number of nitro groups is 1. The van der Waals surface area contributed by atoms with Crippen LogP contribution in [0.5, 0.6) is 5.75 Å². The summed E-state index contributed by atoms with van der Waals surface area (Å²) in [7, 11) is 1.41. The first-order chi connectivity index (χ1) is 7.19. The second-order valence-electron chi connectivity index (χ2n) is 2.94. The van der Waals surface area contributed by atoms with Crippen molar-refractivity contribution in [3.05, 3.63) is 40.8 Å². The van der Waals surface area contributed by atoms with Gasteiger partial charge in [-0.25, -0.2) is 0 Å². The number of ether oxygens (including phenoxy) is 1. The van der Waals surface area contributed by atoms with Crippen LogP contribution in [0.3, 0.4) is 0 Å². The van der Waals surface area contributed by atoms with E-state index in [9.17, 15) is 10.1 Å². The summed E-state index contributed by atoms with van der Waals surface area (Å²) in [6.07, 6.45) is 0. The molecule has 81 valence electrons. The Bertz CT molecular complexity index is 353. The molecule has 0 unspecified atom stereocenters. The fraction of sp³-hybridized carbons (Fsp3) is 0.300. The first-order valence-electron chi connectivity index (χ1n) is 4.50. The van der Waals surface area contributed by atoms with Crippen molar-refractivity contribution >= 4 is 5.69 Å². The maximum atomic E-state index is 10.7. The monoisotopic (exact) mass is 209 g/mol. The van der Waals surface area contributed by atoms with Gasteiger partial charge in [-0.1, -0.05) is 6.07 Å². The molecule has 1 radical (unpaired) electrons. The molecule has 15 heavy (non-hydrogen) atoms. The van der Waals surface area contributed by atoms with E-state index in [-0.39, 0.29) is 11.4 Å². The fourth-order valence-corrected chi connectivity index (χ4v) is 1.22. The van der Waals surface area contributed by atoms with E-state index in [4.69, 9.17) is 4.74 Å². The highest BCUT2D eigenvalue weighted by atomic mass is 16.6. The third kappa shape index (κ3) is 2.92. The lowest BCUT2D eigenvalue weighted by atomic mass is 10.2. The minimum atomic E-state index is -0.452. The number of rotatable bonds is 5. The van der Waals surface area contributed by atoms with Crippen LogP contribution in [0.15, 0.2) is 18.2 Å². The first-order valence-corrected chi connectivity index (χ1v) is 4.50. The fourth-order valence-electron chi connectivity index (χ4n) is 1.22. The Morgan fingerprint density at radius 3 is 2.87 bits per heavy atom. The molecule has 1 rings (SSSR count). The van der Waals surface area contributed by atoms with Crippen molar-refractivity contribution in [1.82, 2.24) is 5.32 Å². The number of nitrogens with zero attached hydrogens (tertiary/aromatic N) is 1. The van der Waals surface area contributed by atoms with E-state index < -0.39 is 4.92 Å². The van der Waals surface area contributed by atoms with Crippen LogP contribution in [0.25, 0.3) is 0 Å². The maximum Gasteiger partial charge on any atom is 0.311 e. The van der Waals surface area contributed by atoms with Crippen molar-refractivity contribution in [2.75, 3.05) is 13.7 Å². The summed E-state index contributed by atoms with van der Waals surface area (Å²) in [6, 6.07) is 4.88. The zero-order valence-corrected chi connectivity index (χ0v) is 8.53. The van der Waals surface area contributed by atoms with Crippen molar-refractivity contribution < 1.29 is 9.66 Å². The third-order valence-corrected chi connectivity index (χ3v) is 1.95. The summed E-state index contributed by atoms with van der Waals surface area (Å²) < 4.78 is 4.89. The summed E-state index contributed by atoms with van der Waals surface area (Å²) in [5, 5.41) is 13.7. The van der Waals surface area contributed by atoms with Gasteiger partial charge in [-0.05, 0) is 25.1 Å². The predicted octanol–water partition coefficient (Wildman–Crippen LogP) is 1.53. The van der Waals surface area contributed by atoms with E-state index in [0.717, 1.165) is 5.56 Å². The second-order valence-corrected chi connectivity index (χ2v) is 2.94. The molecule has 1 N–H and O–H groups in total. The molecule has 0 amide bonds. The van der Waals surface area contributed by atoms with Gasteiger partial charge in [-0.2, -0.15) is 0 Å². The first kappa shape index (κ1) is 11.5. The van der Waals surface area contributed by atoms with Crippen LogP contribution in [0, 0.1) is 17.0 Å². The SMILES string of the molecule is [CH2]CNCc1ccc(OC)c([N+](=O)[O-])c1. The van der Waals surface area contributed by atoms with Crippen molar-refractivity contribution in [2.24, 2.45) is 0 Å². The summed E-state index contributed by atoms with van der Waals surface area (Å²) in [5.41, 5.74) is 0.826. The molecule has 0 aliphatic heterocycles. The Balaban J connectivity index is 2.94. The highest BCUT2D eigenvalue weighted by molar-refractivity contribution is 5.48. The molecule has 0 spiro atoms. The van der Waals surface area contributed by atoms with E-state index in [1.54, 1.807) is 12.1 Å². The number of hydrogen-bond donors (Lipinski definition) is 1. The molecule has 0 saturated carbocycles. The maximum absolute atomic E-state index is 10.7. The molecule has 1 aromatic rings. The van der Waals surface area contributed by atoms with Crippen molar-refractivity contribution in [3.8, 4) is 5.75 Å². The molecule has 0 aliphatic carbocycles. The molecule has 0 heterocycles. The van der Waals surface area contributed by atoms with Gasteiger partial charge in [0.05, 0.1) is 12.0 Å². The summed E-state index contributed by atoms with van der Waals surface area (Å²) in [5.74, 6) is 0.276. The Morgan fingerprint density at radius 2 is 2.33 bits per heavy atom. The van der Waals surface area contributed by atoms with E-state index in [2.05, 4.69) is 12.2 Å². The van der Waals surface area contributed by atoms with Gasteiger partial charge in [0.15, 0.2) is 5.75 Å². The number of nitrogens with one attached hydrogen (secondary N) is 1. The molecular weight excluding hydrogens is 196 g/mol. The van der Waals surface area contributed by atoms with Crippen LogP contribution in [0.4, 0.5) is 5.69 Å². The lowest BCUT2D eigenvalue weighted by Crippen LogP contribution is -2.12. The third-order valence-electron chi connectivity index (χ3n) is 1.95. The van der Waals surface area contributed by atoms with Gasteiger partial charge >= 0.3 is 5.69 Å². The Hall–Kier alpha value is -1.62. The van der Waals surface area contributed by atoms with Gasteiger partial charge in [-0.3, -0.25) is 10.1 Å². The number of benzene rings is 1. The topological polar surface area (TPSA) is 64.4 Å². The molecule has 0 saturated heterocycles. The van der Waals surface area contributed by atoms with Crippen LogP contribution in [-0.4, -0.2) is 18.6 Å². The predicted molar refractivity (Wildman–Crippen MR) is 56.7 cm³/mol. The Labute approximate surface area is 88.2 Å². The average molecular weight is 209 g/mol. The van der Waals surface area contributed by atoms with Crippen molar-refractivity contribution in [2.45, 2.75) is 6.54 Å². The van der Waals surface area contributed by atoms with Gasteiger partial charge in [0, 0.05) is 12.6 Å². The molecule has 0 aromatic heterocycles. The van der Waals surface area contributed by atoms with Crippen LogP contribution in [-0.2, 0) is 6.54 Å². The second kappa shape index (κ2) is 5.31. The quantitative estimate of drug-likeness (QED) is 0.590. The number of hydrogen-bond acceptors (Lipinski definition) is 4. The van der Waals surface area contributed by atoms with E-state index in [1.807, 2.05) is 0 Å². The Morgan fingerprint density at radius 1 is 1.60 bits per heavy atom. The van der Waals surface area contributed by atoms with Crippen LogP contribution < -0.4 is 10.1 Å². The smallest absolute Gasteiger partial charge is 0.311 e. The van der Waals surface area contributed by atoms with Gasteiger partial charge < -0.3 is 10.1 Å². The molecular formula is C10H13N2O3. The normalized spacial score (nSPS) is 10.0. The molecule has 0 atom stereocenters. The van der Waals surface area contributed by atoms with Gasteiger partial charge in [-0.15, -0.1) is 0 Å². The zero-order valence-electron chi connectivity index (χ0n) is 8.53. The lowest BCUT2D eigenvalue weighted by molar-refractivity contribution is -0.385. The summed E-state index contributed by atoms with van der Waals surface area (Å²) >= 11 is 0.